The van der Waals surface area contributed by atoms with Gasteiger partial charge in [-0.3, -0.25) is 0 Å². The van der Waals surface area contributed by atoms with Crippen LogP contribution in [-0.2, 0) is 18.5 Å². The summed E-state index contributed by atoms with van der Waals surface area (Å²) in [5.41, 5.74) is 3.11. The number of hydrogen-bond donors (Lipinski definition) is 1. The first-order valence-corrected chi connectivity index (χ1v) is 7.15. The van der Waals surface area contributed by atoms with E-state index >= 15 is 0 Å². The molecule has 0 atom stereocenters. The molecule has 2 heterocycles. The third kappa shape index (κ3) is 1.81. The van der Waals surface area contributed by atoms with Crippen molar-refractivity contribution in [1.82, 2.24) is 14.9 Å². The minimum Gasteiger partial charge on any atom is -0.334 e. The fourth-order valence-electron chi connectivity index (χ4n) is 3.58. The minimum absolute atomic E-state index is 0.227. The molecular weight excluding hydrogens is 210 g/mol. The molecule has 0 unspecified atom stereocenters. The summed E-state index contributed by atoms with van der Waals surface area (Å²) < 4.78 is 2.38. The van der Waals surface area contributed by atoms with E-state index in [1.54, 1.807) is 0 Å². The van der Waals surface area contributed by atoms with Gasteiger partial charge in [-0.1, -0.05) is 26.2 Å². The number of aryl methyl sites for hydroxylation is 1. The highest BCUT2D eigenvalue weighted by molar-refractivity contribution is 5.27. The number of nitrogens with zero attached hydrogens (tertiary/aromatic N) is 2. The highest BCUT2D eigenvalue weighted by atomic mass is 15.1. The summed E-state index contributed by atoms with van der Waals surface area (Å²) in [4.78, 5) is 4.75. The van der Waals surface area contributed by atoms with Crippen LogP contribution < -0.4 is 5.32 Å². The molecule has 1 N–H and O–H groups in total. The maximum absolute atomic E-state index is 4.75. The molecule has 1 aromatic heterocycles. The van der Waals surface area contributed by atoms with Gasteiger partial charge in [0.15, 0.2) is 0 Å². The predicted octanol–water partition coefficient (Wildman–Crippen LogP) is 2.60. The first-order chi connectivity index (χ1) is 8.36. The van der Waals surface area contributed by atoms with Crippen molar-refractivity contribution in [3.8, 4) is 0 Å². The van der Waals surface area contributed by atoms with E-state index in [9.17, 15) is 0 Å². The van der Waals surface area contributed by atoms with Gasteiger partial charge in [-0.25, -0.2) is 4.98 Å². The number of hydrogen-bond acceptors (Lipinski definition) is 2. The normalized spacial score (nSPS) is 22.6. The Bertz CT molecular complexity index is 388. The van der Waals surface area contributed by atoms with Crippen molar-refractivity contribution >= 4 is 0 Å². The Morgan fingerprint density at radius 2 is 2.18 bits per heavy atom. The summed E-state index contributed by atoms with van der Waals surface area (Å²) in [7, 11) is 0. The van der Waals surface area contributed by atoms with Gasteiger partial charge >= 0.3 is 0 Å². The van der Waals surface area contributed by atoms with Gasteiger partial charge in [-0.05, 0) is 19.3 Å². The monoisotopic (exact) mass is 233 g/mol. The molecule has 0 amide bonds. The Morgan fingerprint density at radius 1 is 1.35 bits per heavy atom. The van der Waals surface area contributed by atoms with Crippen molar-refractivity contribution in [2.24, 2.45) is 0 Å². The van der Waals surface area contributed by atoms with Gasteiger partial charge in [0, 0.05) is 25.2 Å². The third-order valence-electron chi connectivity index (χ3n) is 4.40. The molecule has 0 saturated heterocycles. The lowest BCUT2D eigenvalue weighted by atomic mass is 9.76. The van der Waals surface area contributed by atoms with Gasteiger partial charge in [0.1, 0.15) is 0 Å². The Kier molecular flexibility index (Phi) is 2.95. The van der Waals surface area contributed by atoms with Crippen molar-refractivity contribution in [1.29, 1.82) is 0 Å². The van der Waals surface area contributed by atoms with Crippen LogP contribution in [0.25, 0.3) is 0 Å². The van der Waals surface area contributed by atoms with E-state index < -0.39 is 0 Å². The number of imidazole rings is 1. The predicted molar refractivity (Wildman–Crippen MR) is 69.0 cm³/mol. The molecular formula is C14H23N3. The summed E-state index contributed by atoms with van der Waals surface area (Å²) in [6.45, 7) is 4.49. The molecule has 1 saturated carbocycles. The van der Waals surface area contributed by atoms with Crippen LogP contribution >= 0.6 is 0 Å². The minimum atomic E-state index is 0.227. The average molecular weight is 233 g/mol. The topological polar surface area (TPSA) is 29.9 Å². The number of fused-ring (bicyclic) bond motifs is 2. The van der Waals surface area contributed by atoms with Crippen LogP contribution in [0.15, 0.2) is 6.33 Å². The van der Waals surface area contributed by atoms with Crippen molar-refractivity contribution in [3.63, 3.8) is 0 Å². The van der Waals surface area contributed by atoms with Crippen LogP contribution in [0.5, 0.6) is 0 Å². The Labute approximate surface area is 104 Å². The SMILES string of the molecule is CCCn1cnc2c1CCNC21CCCCC1. The molecule has 1 aliphatic carbocycles. The largest absolute Gasteiger partial charge is 0.334 e. The van der Waals surface area contributed by atoms with Crippen molar-refractivity contribution in [2.75, 3.05) is 6.54 Å². The average Bonchev–Trinajstić information content (AvgIpc) is 2.76. The lowest BCUT2D eigenvalue weighted by molar-refractivity contribution is 0.215. The molecule has 17 heavy (non-hydrogen) atoms. The second kappa shape index (κ2) is 4.45. The van der Waals surface area contributed by atoms with Crippen LogP contribution in [0.1, 0.15) is 56.8 Å². The number of nitrogens with one attached hydrogen (secondary N) is 1. The fraction of sp³-hybridized carbons (Fsp3) is 0.786. The molecule has 2 aliphatic rings. The first-order valence-electron chi connectivity index (χ1n) is 7.15. The van der Waals surface area contributed by atoms with Gasteiger partial charge in [0.05, 0.1) is 17.6 Å². The van der Waals surface area contributed by atoms with Crippen LogP contribution in [0.2, 0.25) is 0 Å². The maximum atomic E-state index is 4.75. The van der Waals surface area contributed by atoms with Crippen LogP contribution in [0.4, 0.5) is 0 Å². The summed E-state index contributed by atoms with van der Waals surface area (Å²) in [6.07, 6.45) is 11.1. The second-order valence-electron chi connectivity index (χ2n) is 5.55. The van der Waals surface area contributed by atoms with E-state index in [0.717, 1.165) is 19.5 Å². The standard InChI is InChI=1S/C14H23N3/c1-2-10-17-11-15-13-12(17)6-9-16-14(13)7-4-3-5-8-14/h11,16H,2-10H2,1H3. The summed E-state index contributed by atoms with van der Waals surface area (Å²) in [6, 6.07) is 0. The zero-order chi connectivity index (χ0) is 11.7. The molecule has 0 aromatic carbocycles. The summed E-state index contributed by atoms with van der Waals surface area (Å²) >= 11 is 0. The second-order valence-corrected chi connectivity index (χ2v) is 5.55. The Hall–Kier alpha value is -0.830. The summed E-state index contributed by atoms with van der Waals surface area (Å²) in [5.74, 6) is 0. The van der Waals surface area contributed by atoms with E-state index in [-0.39, 0.29) is 5.54 Å². The molecule has 0 radical (unpaired) electrons. The third-order valence-corrected chi connectivity index (χ3v) is 4.40. The van der Waals surface area contributed by atoms with Crippen LogP contribution in [0.3, 0.4) is 0 Å². The highest BCUT2D eigenvalue weighted by Gasteiger charge is 2.39. The van der Waals surface area contributed by atoms with Crippen molar-refractivity contribution in [2.45, 2.75) is 64.0 Å². The van der Waals surface area contributed by atoms with Gasteiger partial charge in [0.2, 0.25) is 0 Å². The maximum Gasteiger partial charge on any atom is 0.0952 e. The molecule has 1 spiro atoms. The fourth-order valence-corrected chi connectivity index (χ4v) is 3.58. The van der Waals surface area contributed by atoms with Gasteiger partial charge in [-0.2, -0.15) is 0 Å². The molecule has 3 rings (SSSR count). The van der Waals surface area contributed by atoms with E-state index in [1.807, 2.05) is 0 Å². The zero-order valence-electron chi connectivity index (χ0n) is 10.8. The van der Waals surface area contributed by atoms with Gasteiger partial charge in [0.25, 0.3) is 0 Å². The molecule has 1 fully saturated rings. The zero-order valence-corrected chi connectivity index (χ0v) is 10.8. The van der Waals surface area contributed by atoms with E-state index in [4.69, 9.17) is 4.98 Å². The first kappa shape index (κ1) is 11.3. The quantitative estimate of drug-likeness (QED) is 0.851. The van der Waals surface area contributed by atoms with Crippen molar-refractivity contribution in [3.05, 3.63) is 17.7 Å². The number of rotatable bonds is 2. The molecule has 1 aromatic rings. The van der Waals surface area contributed by atoms with E-state index in [1.165, 1.54) is 49.9 Å². The molecule has 3 nitrogen and oxygen atoms in total. The lowest BCUT2D eigenvalue weighted by Gasteiger charge is -2.40. The summed E-state index contributed by atoms with van der Waals surface area (Å²) in [5, 5.41) is 3.77. The molecule has 94 valence electrons. The van der Waals surface area contributed by atoms with E-state index in [2.05, 4.69) is 23.1 Å². The Morgan fingerprint density at radius 3 is 2.94 bits per heavy atom. The molecule has 0 bridgehead atoms. The van der Waals surface area contributed by atoms with Crippen molar-refractivity contribution < 1.29 is 0 Å². The number of aromatic nitrogens is 2. The smallest absolute Gasteiger partial charge is 0.0952 e. The van der Waals surface area contributed by atoms with Crippen LogP contribution in [0, 0.1) is 0 Å². The lowest BCUT2D eigenvalue weighted by Crippen LogP contribution is -2.49. The van der Waals surface area contributed by atoms with Gasteiger partial charge < -0.3 is 9.88 Å². The molecule has 1 aliphatic heterocycles. The van der Waals surface area contributed by atoms with Gasteiger partial charge in [-0.15, -0.1) is 0 Å². The van der Waals surface area contributed by atoms with Crippen LogP contribution in [-0.4, -0.2) is 16.1 Å². The Balaban J connectivity index is 1.96. The van der Waals surface area contributed by atoms with E-state index in [0.29, 0.717) is 0 Å². The highest BCUT2D eigenvalue weighted by Crippen LogP contribution is 2.39. The molecule has 3 heteroatoms.